The van der Waals surface area contributed by atoms with Crippen molar-refractivity contribution < 1.29 is 4.79 Å². The van der Waals surface area contributed by atoms with Gasteiger partial charge < -0.3 is 0 Å². The van der Waals surface area contributed by atoms with Crippen molar-refractivity contribution in [3.8, 4) is 0 Å². The highest BCUT2D eigenvalue weighted by atomic mass is 16.1. The third-order valence-electron chi connectivity index (χ3n) is 6.72. The highest BCUT2D eigenvalue weighted by Gasteiger charge is 2.91. The zero-order chi connectivity index (χ0) is 9.84. The first kappa shape index (κ1) is 7.65. The van der Waals surface area contributed by atoms with Crippen LogP contribution >= 0.6 is 0 Å². The molecule has 5 aliphatic rings. The van der Waals surface area contributed by atoms with E-state index in [0.717, 1.165) is 30.1 Å². The lowest BCUT2D eigenvalue weighted by atomic mass is 9.80. The summed E-state index contributed by atoms with van der Waals surface area (Å²) < 4.78 is 0. The summed E-state index contributed by atoms with van der Waals surface area (Å²) in [5.74, 6) is 3.93. The molecule has 4 fully saturated rings. The Kier molecular flexibility index (Phi) is 0.943. The molecule has 1 nitrogen and oxygen atoms in total. The lowest BCUT2D eigenvalue weighted by Gasteiger charge is -2.23. The number of fused-ring (bicyclic) bond motifs is 3. The van der Waals surface area contributed by atoms with Crippen molar-refractivity contribution in [2.24, 2.45) is 34.5 Å². The van der Waals surface area contributed by atoms with Crippen molar-refractivity contribution in [2.75, 3.05) is 0 Å². The van der Waals surface area contributed by atoms with Gasteiger partial charge in [-0.05, 0) is 48.3 Å². The molecule has 15 heavy (non-hydrogen) atoms. The molecule has 0 amide bonds. The van der Waals surface area contributed by atoms with Crippen molar-refractivity contribution in [2.45, 2.75) is 32.1 Å². The summed E-state index contributed by atoms with van der Waals surface area (Å²) in [6.07, 6.45) is 11.0. The van der Waals surface area contributed by atoms with Gasteiger partial charge in [-0.3, -0.25) is 4.79 Å². The van der Waals surface area contributed by atoms with Gasteiger partial charge in [0.1, 0.15) is 5.78 Å². The van der Waals surface area contributed by atoms with Gasteiger partial charge in [0.05, 0.1) is 0 Å². The van der Waals surface area contributed by atoms with E-state index >= 15 is 0 Å². The number of hydrogen-bond donors (Lipinski definition) is 0. The van der Waals surface area contributed by atoms with E-state index in [1.54, 1.807) is 0 Å². The second-order valence-corrected chi connectivity index (χ2v) is 6.48. The van der Waals surface area contributed by atoms with Gasteiger partial charge >= 0.3 is 0 Å². The maximum atomic E-state index is 12.3. The molecule has 5 aliphatic carbocycles. The maximum Gasteiger partial charge on any atom is 0.140 e. The molecule has 78 valence electrons. The molecule has 4 saturated carbocycles. The summed E-state index contributed by atoms with van der Waals surface area (Å²) in [5.41, 5.74) is 0.775. The smallest absolute Gasteiger partial charge is 0.140 e. The zero-order valence-electron chi connectivity index (χ0n) is 8.91. The predicted octanol–water partition coefficient (Wildman–Crippen LogP) is 2.57. The standard InChI is InChI=1S/C14H16O/c15-11-7-10-8-3-1-4-9(8)12-13(10)5-2-6-14(11,12)13/h1,4,8-10,12H,2-3,5-7H2/t8-,9+,10?,12?,13?,14?/m0/s1. The van der Waals surface area contributed by atoms with Crippen LogP contribution in [0.15, 0.2) is 12.2 Å². The summed E-state index contributed by atoms with van der Waals surface area (Å²) >= 11 is 0. The van der Waals surface area contributed by atoms with E-state index in [2.05, 4.69) is 12.2 Å². The molecule has 0 aromatic rings. The van der Waals surface area contributed by atoms with Gasteiger partial charge in [0.2, 0.25) is 0 Å². The zero-order valence-corrected chi connectivity index (χ0v) is 8.91. The molecular formula is C14H16O. The van der Waals surface area contributed by atoms with Gasteiger partial charge in [0.15, 0.2) is 0 Å². The minimum Gasteiger partial charge on any atom is -0.299 e. The first-order valence-electron chi connectivity index (χ1n) is 6.52. The number of carbonyl (C=O) groups is 1. The van der Waals surface area contributed by atoms with E-state index in [9.17, 15) is 4.79 Å². The Morgan fingerprint density at radius 2 is 2.27 bits per heavy atom. The SMILES string of the molecule is O=C1CC2[C@H]3CC=C[C@H]3C3C14CCCC234. The van der Waals surface area contributed by atoms with Crippen LogP contribution in [0.5, 0.6) is 0 Å². The van der Waals surface area contributed by atoms with E-state index in [-0.39, 0.29) is 5.41 Å². The molecule has 0 N–H and O–H groups in total. The van der Waals surface area contributed by atoms with Crippen LogP contribution in [-0.4, -0.2) is 5.78 Å². The molecule has 0 heterocycles. The van der Waals surface area contributed by atoms with Crippen LogP contribution in [0.4, 0.5) is 0 Å². The number of hydrogen-bond acceptors (Lipinski definition) is 1. The third-order valence-corrected chi connectivity index (χ3v) is 6.72. The lowest BCUT2D eigenvalue weighted by molar-refractivity contribution is -0.123. The van der Waals surface area contributed by atoms with Crippen LogP contribution in [0.3, 0.4) is 0 Å². The summed E-state index contributed by atoms with van der Waals surface area (Å²) in [6, 6.07) is 0. The van der Waals surface area contributed by atoms with E-state index in [1.807, 2.05) is 0 Å². The summed E-state index contributed by atoms with van der Waals surface area (Å²) in [6.45, 7) is 0. The topological polar surface area (TPSA) is 17.1 Å². The minimum atomic E-state index is 0.230. The Morgan fingerprint density at radius 3 is 3.20 bits per heavy atom. The monoisotopic (exact) mass is 200 g/mol. The number of carbonyl (C=O) groups excluding carboxylic acids is 1. The predicted molar refractivity (Wildman–Crippen MR) is 56.1 cm³/mol. The van der Waals surface area contributed by atoms with Crippen molar-refractivity contribution in [3.63, 3.8) is 0 Å². The Hall–Kier alpha value is -0.590. The summed E-state index contributed by atoms with van der Waals surface area (Å²) in [4.78, 5) is 12.3. The Balaban J connectivity index is 1.77. The molecule has 4 unspecified atom stereocenters. The molecule has 0 bridgehead atoms. The van der Waals surface area contributed by atoms with Gasteiger partial charge in [0.25, 0.3) is 0 Å². The molecule has 0 aliphatic heterocycles. The van der Waals surface area contributed by atoms with Crippen LogP contribution in [0.1, 0.15) is 32.1 Å². The fraction of sp³-hybridized carbons (Fsp3) is 0.786. The Morgan fingerprint density at radius 1 is 1.33 bits per heavy atom. The van der Waals surface area contributed by atoms with Gasteiger partial charge in [-0.1, -0.05) is 18.6 Å². The largest absolute Gasteiger partial charge is 0.299 e. The first-order valence-corrected chi connectivity index (χ1v) is 6.52. The Labute approximate surface area is 89.9 Å². The number of ketones is 1. The van der Waals surface area contributed by atoms with E-state index in [4.69, 9.17) is 0 Å². The van der Waals surface area contributed by atoms with Gasteiger partial charge in [0, 0.05) is 11.8 Å². The molecule has 0 aromatic heterocycles. The average molecular weight is 200 g/mol. The molecular weight excluding hydrogens is 184 g/mol. The normalized spacial score (nSPS) is 67.1. The molecule has 1 heteroatoms. The molecule has 0 saturated heterocycles. The van der Waals surface area contributed by atoms with Crippen LogP contribution in [-0.2, 0) is 4.79 Å². The molecule has 0 radical (unpaired) electrons. The van der Waals surface area contributed by atoms with E-state index < -0.39 is 0 Å². The van der Waals surface area contributed by atoms with Crippen molar-refractivity contribution in [1.29, 1.82) is 0 Å². The van der Waals surface area contributed by atoms with Crippen LogP contribution in [0.2, 0.25) is 0 Å². The van der Waals surface area contributed by atoms with Crippen LogP contribution in [0, 0.1) is 34.5 Å². The van der Waals surface area contributed by atoms with E-state index in [1.165, 1.54) is 25.7 Å². The minimum absolute atomic E-state index is 0.230. The molecule has 0 aromatic carbocycles. The van der Waals surface area contributed by atoms with Crippen molar-refractivity contribution in [1.82, 2.24) is 0 Å². The highest BCUT2D eigenvalue weighted by Crippen LogP contribution is 2.92. The average Bonchev–Trinajstić information content (AvgIpc) is 2.71. The summed E-state index contributed by atoms with van der Waals surface area (Å²) in [5, 5.41) is 0. The summed E-state index contributed by atoms with van der Waals surface area (Å²) in [7, 11) is 0. The van der Waals surface area contributed by atoms with Gasteiger partial charge in [-0.15, -0.1) is 0 Å². The maximum absolute atomic E-state index is 12.3. The number of rotatable bonds is 0. The fourth-order valence-corrected chi connectivity index (χ4v) is 6.66. The second kappa shape index (κ2) is 1.85. The molecule has 5 rings (SSSR count). The highest BCUT2D eigenvalue weighted by molar-refractivity contribution is 5.95. The van der Waals surface area contributed by atoms with E-state index in [0.29, 0.717) is 11.2 Å². The number of allylic oxidation sites excluding steroid dienone is 2. The van der Waals surface area contributed by atoms with Crippen LogP contribution in [0.25, 0.3) is 0 Å². The fourth-order valence-electron chi connectivity index (χ4n) is 6.66. The number of Topliss-reactive ketones (excluding diaryl/α,β-unsaturated/α-hetero) is 1. The molecule has 1 spiro atoms. The quantitative estimate of drug-likeness (QED) is 0.549. The molecule has 6 atom stereocenters. The van der Waals surface area contributed by atoms with Gasteiger partial charge in [-0.25, -0.2) is 0 Å². The lowest BCUT2D eigenvalue weighted by Crippen LogP contribution is -2.19. The van der Waals surface area contributed by atoms with Crippen LogP contribution < -0.4 is 0 Å². The first-order chi connectivity index (χ1) is 7.32. The second-order valence-electron chi connectivity index (χ2n) is 6.48. The van der Waals surface area contributed by atoms with Crippen molar-refractivity contribution in [3.05, 3.63) is 12.2 Å². The Bertz CT molecular complexity index is 423. The van der Waals surface area contributed by atoms with Gasteiger partial charge in [-0.2, -0.15) is 0 Å². The third kappa shape index (κ3) is 0.478. The van der Waals surface area contributed by atoms with Crippen molar-refractivity contribution >= 4 is 5.78 Å².